The maximum absolute atomic E-state index is 12.5. The molecule has 2 N–H and O–H groups in total. The van der Waals surface area contributed by atoms with Gasteiger partial charge in [0.2, 0.25) is 0 Å². The van der Waals surface area contributed by atoms with Crippen molar-refractivity contribution in [2.75, 3.05) is 13.1 Å². The predicted molar refractivity (Wildman–Crippen MR) is 123 cm³/mol. The molecule has 32 heavy (non-hydrogen) atoms. The molecule has 0 spiro atoms. The third kappa shape index (κ3) is 4.39. The van der Waals surface area contributed by atoms with E-state index in [1.54, 1.807) is 36.4 Å². The first-order chi connectivity index (χ1) is 15.3. The van der Waals surface area contributed by atoms with Crippen molar-refractivity contribution in [3.63, 3.8) is 0 Å². The van der Waals surface area contributed by atoms with Crippen molar-refractivity contribution in [2.24, 2.45) is 0 Å². The summed E-state index contributed by atoms with van der Waals surface area (Å²) in [5.74, 6) is -0.457. The number of hydrogen-bond acceptors (Lipinski definition) is 6. The Labute approximate surface area is 185 Å². The number of rotatable bonds is 5. The number of nitrogens with one attached hydrogen (secondary N) is 2. The van der Waals surface area contributed by atoms with Gasteiger partial charge in [0.05, 0.1) is 44.8 Å². The monoisotopic (exact) mass is 428 g/mol. The summed E-state index contributed by atoms with van der Waals surface area (Å²) in [5.41, 5.74) is 7.27. The van der Waals surface area contributed by atoms with Crippen LogP contribution in [-0.2, 0) is 0 Å². The zero-order valence-electron chi connectivity index (χ0n) is 18.5. The van der Waals surface area contributed by atoms with Crippen molar-refractivity contribution < 1.29 is 9.59 Å². The van der Waals surface area contributed by atoms with Crippen LogP contribution in [0.15, 0.2) is 36.4 Å². The van der Waals surface area contributed by atoms with Crippen LogP contribution in [-0.4, -0.2) is 44.8 Å². The maximum Gasteiger partial charge on any atom is 0.251 e. The van der Waals surface area contributed by atoms with Crippen molar-refractivity contribution in [3.8, 4) is 0 Å². The Balaban J connectivity index is 1.34. The lowest BCUT2D eigenvalue weighted by Gasteiger charge is -2.09. The lowest BCUT2D eigenvalue weighted by Crippen LogP contribution is -2.34. The number of nitrogens with zero attached hydrogens (tertiary/aromatic N) is 4. The Kier molecular flexibility index (Phi) is 5.77. The quantitative estimate of drug-likeness (QED) is 0.473. The lowest BCUT2D eigenvalue weighted by atomic mass is 10.1. The molecule has 0 aliphatic rings. The van der Waals surface area contributed by atoms with Gasteiger partial charge in [0.1, 0.15) is 0 Å². The fourth-order valence-electron chi connectivity index (χ4n) is 3.30. The molecule has 2 aromatic heterocycles. The van der Waals surface area contributed by atoms with E-state index in [4.69, 9.17) is 0 Å². The van der Waals surface area contributed by atoms with Gasteiger partial charge in [-0.3, -0.25) is 9.59 Å². The molecule has 0 saturated heterocycles. The van der Waals surface area contributed by atoms with Gasteiger partial charge < -0.3 is 10.6 Å². The second-order valence-electron chi connectivity index (χ2n) is 7.71. The lowest BCUT2D eigenvalue weighted by molar-refractivity contribution is 0.0928. The molecule has 0 unspecified atom stereocenters. The van der Waals surface area contributed by atoms with Crippen LogP contribution < -0.4 is 10.6 Å². The van der Waals surface area contributed by atoms with Crippen LogP contribution in [0.4, 0.5) is 0 Å². The van der Waals surface area contributed by atoms with Gasteiger partial charge in [-0.05, 0) is 64.1 Å². The van der Waals surface area contributed by atoms with Crippen molar-refractivity contribution in [2.45, 2.75) is 27.7 Å². The highest BCUT2D eigenvalue weighted by atomic mass is 16.2. The van der Waals surface area contributed by atoms with Gasteiger partial charge >= 0.3 is 0 Å². The predicted octanol–water partition coefficient (Wildman–Crippen LogP) is 2.97. The second kappa shape index (κ2) is 8.66. The molecule has 2 amide bonds. The molecular weight excluding hydrogens is 404 g/mol. The standard InChI is InChI=1S/C24H24N6O2/c1-13-15(3)29-21-11-17(5-7-19(21)27-13)23(31)25-9-10-26-24(32)18-6-8-20-22(12-18)30-16(4)14(2)28-20/h5-8,11-12H,9-10H2,1-4H3,(H,25,31)(H,26,32). The zero-order valence-corrected chi connectivity index (χ0v) is 18.5. The minimum Gasteiger partial charge on any atom is -0.350 e. The number of carbonyl (C=O) groups excluding carboxylic acids is 2. The van der Waals surface area contributed by atoms with Crippen molar-refractivity contribution in [3.05, 3.63) is 70.3 Å². The summed E-state index contributed by atoms with van der Waals surface area (Å²) in [4.78, 5) is 42.9. The van der Waals surface area contributed by atoms with E-state index in [9.17, 15) is 9.59 Å². The minimum atomic E-state index is -0.229. The summed E-state index contributed by atoms with van der Waals surface area (Å²) in [6, 6.07) is 10.5. The van der Waals surface area contributed by atoms with Crippen LogP contribution in [0.3, 0.4) is 0 Å². The molecule has 0 bridgehead atoms. The first-order valence-corrected chi connectivity index (χ1v) is 10.4. The summed E-state index contributed by atoms with van der Waals surface area (Å²) in [6.45, 7) is 8.19. The highest BCUT2D eigenvalue weighted by molar-refractivity contribution is 5.98. The largest absolute Gasteiger partial charge is 0.350 e. The van der Waals surface area contributed by atoms with E-state index in [1.807, 2.05) is 27.7 Å². The Morgan fingerprint density at radius 3 is 1.31 bits per heavy atom. The summed E-state index contributed by atoms with van der Waals surface area (Å²) in [6.07, 6.45) is 0. The molecule has 0 atom stereocenters. The maximum atomic E-state index is 12.5. The molecular formula is C24H24N6O2. The fraction of sp³-hybridized carbons (Fsp3) is 0.250. The molecule has 2 heterocycles. The van der Waals surface area contributed by atoms with Crippen molar-refractivity contribution in [1.29, 1.82) is 0 Å². The van der Waals surface area contributed by atoms with E-state index < -0.39 is 0 Å². The molecule has 0 fully saturated rings. The summed E-state index contributed by atoms with van der Waals surface area (Å²) in [7, 11) is 0. The van der Waals surface area contributed by atoms with Crippen LogP contribution in [0.1, 0.15) is 43.5 Å². The van der Waals surface area contributed by atoms with E-state index in [2.05, 4.69) is 30.6 Å². The smallest absolute Gasteiger partial charge is 0.251 e. The van der Waals surface area contributed by atoms with Gasteiger partial charge in [0.15, 0.2) is 0 Å². The highest BCUT2D eigenvalue weighted by Gasteiger charge is 2.11. The number of benzene rings is 2. The molecule has 8 heteroatoms. The van der Waals surface area contributed by atoms with E-state index in [1.165, 1.54) is 0 Å². The molecule has 8 nitrogen and oxygen atoms in total. The summed E-state index contributed by atoms with van der Waals surface area (Å²) >= 11 is 0. The minimum absolute atomic E-state index is 0.229. The van der Waals surface area contributed by atoms with Gasteiger partial charge in [-0.15, -0.1) is 0 Å². The number of fused-ring (bicyclic) bond motifs is 2. The fourth-order valence-corrected chi connectivity index (χ4v) is 3.30. The average Bonchev–Trinajstić information content (AvgIpc) is 2.77. The number of carbonyl (C=O) groups is 2. The van der Waals surface area contributed by atoms with E-state index in [0.29, 0.717) is 35.2 Å². The third-order valence-electron chi connectivity index (χ3n) is 5.37. The van der Waals surface area contributed by atoms with E-state index in [0.717, 1.165) is 33.8 Å². The second-order valence-corrected chi connectivity index (χ2v) is 7.71. The first-order valence-electron chi connectivity index (χ1n) is 10.4. The molecule has 4 rings (SSSR count). The highest BCUT2D eigenvalue weighted by Crippen LogP contribution is 2.15. The van der Waals surface area contributed by atoms with Crippen LogP contribution in [0.25, 0.3) is 22.1 Å². The number of amides is 2. The molecule has 4 aromatic rings. The first kappa shape index (κ1) is 21.3. The zero-order chi connectivity index (χ0) is 22.8. The number of hydrogen-bond donors (Lipinski definition) is 2. The molecule has 0 radical (unpaired) electrons. The third-order valence-corrected chi connectivity index (χ3v) is 5.37. The normalized spacial score (nSPS) is 11.0. The Hall–Kier alpha value is -3.94. The number of aryl methyl sites for hydroxylation is 4. The van der Waals surface area contributed by atoms with Gasteiger partial charge in [0, 0.05) is 24.2 Å². The Bertz CT molecular complexity index is 1260. The molecule has 162 valence electrons. The van der Waals surface area contributed by atoms with Crippen LogP contribution in [0.2, 0.25) is 0 Å². The molecule has 0 aliphatic carbocycles. The summed E-state index contributed by atoms with van der Waals surface area (Å²) < 4.78 is 0. The van der Waals surface area contributed by atoms with Gasteiger partial charge in [-0.1, -0.05) is 0 Å². The molecule has 0 saturated carbocycles. The number of aromatic nitrogens is 4. The van der Waals surface area contributed by atoms with E-state index in [-0.39, 0.29) is 11.8 Å². The van der Waals surface area contributed by atoms with Crippen LogP contribution in [0, 0.1) is 27.7 Å². The topological polar surface area (TPSA) is 110 Å². The van der Waals surface area contributed by atoms with Crippen LogP contribution in [0.5, 0.6) is 0 Å². The summed E-state index contributed by atoms with van der Waals surface area (Å²) in [5, 5.41) is 5.63. The Morgan fingerprint density at radius 2 is 0.938 bits per heavy atom. The van der Waals surface area contributed by atoms with Gasteiger partial charge in [-0.2, -0.15) is 0 Å². The van der Waals surface area contributed by atoms with Gasteiger partial charge in [-0.25, -0.2) is 19.9 Å². The van der Waals surface area contributed by atoms with E-state index >= 15 is 0 Å². The molecule has 0 aliphatic heterocycles. The SMILES string of the molecule is Cc1nc2ccc(C(=O)NCCNC(=O)c3ccc4nc(C)c(C)nc4c3)cc2nc1C. The Morgan fingerprint density at radius 1 is 0.594 bits per heavy atom. The molecule has 2 aromatic carbocycles. The van der Waals surface area contributed by atoms with Crippen LogP contribution >= 0.6 is 0 Å². The van der Waals surface area contributed by atoms with Crippen molar-refractivity contribution in [1.82, 2.24) is 30.6 Å². The van der Waals surface area contributed by atoms with Crippen molar-refractivity contribution >= 4 is 33.9 Å². The van der Waals surface area contributed by atoms with Gasteiger partial charge in [0.25, 0.3) is 11.8 Å². The average molecular weight is 428 g/mol.